The van der Waals surface area contributed by atoms with Gasteiger partial charge in [-0.25, -0.2) is 0 Å². The van der Waals surface area contributed by atoms with Crippen molar-refractivity contribution in [3.05, 3.63) is 95.3 Å². The number of hydrogen-bond acceptors (Lipinski definition) is 3. The smallest absolute Gasteiger partial charge is 0.150 e. The van der Waals surface area contributed by atoms with E-state index < -0.39 is 5.41 Å². The highest BCUT2D eigenvalue weighted by Crippen LogP contribution is 2.51. The van der Waals surface area contributed by atoms with Crippen molar-refractivity contribution in [2.75, 3.05) is 5.32 Å². The van der Waals surface area contributed by atoms with Crippen LogP contribution in [0.15, 0.2) is 72.9 Å². The van der Waals surface area contributed by atoms with Gasteiger partial charge in [0.15, 0.2) is 5.41 Å². The standard InChI is InChI=1S/C21H17N3/c1-15-9-11-16(12-10-15)19-21(14-22,17-6-3-2-4-7-17)20-18(24-19)8-5-13-23-20/h2-13,19,24H,1H3/t19-,21-/m0/s1. The summed E-state index contributed by atoms with van der Waals surface area (Å²) >= 11 is 0. The fourth-order valence-corrected chi connectivity index (χ4v) is 3.52. The lowest BCUT2D eigenvalue weighted by atomic mass is 9.72. The Labute approximate surface area is 141 Å². The lowest BCUT2D eigenvalue weighted by Crippen LogP contribution is -2.32. The second-order valence-corrected chi connectivity index (χ2v) is 6.17. The zero-order valence-electron chi connectivity index (χ0n) is 13.4. The van der Waals surface area contributed by atoms with E-state index in [4.69, 9.17) is 0 Å². The molecule has 1 aliphatic rings. The first-order chi connectivity index (χ1) is 11.8. The van der Waals surface area contributed by atoms with E-state index in [9.17, 15) is 5.26 Å². The van der Waals surface area contributed by atoms with Crippen LogP contribution >= 0.6 is 0 Å². The molecule has 0 amide bonds. The van der Waals surface area contributed by atoms with Crippen molar-refractivity contribution < 1.29 is 0 Å². The van der Waals surface area contributed by atoms with Gasteiger partial charge in [-0.3, -0.25) is 4.98 Å². The van der Waals surface area contributed by atoms with E-state index in [1.165, 1.54) is 5.56 Å². The zero-order chi connectivity index (χ0) is 16.6. The quantitative estimate of drug-likeness (QED) is 0.764. The highest BCUT2D eigenvalue weighted by molar-refractivity contribution is 5.68. The Bertz CT molecular complexity index is 910. The molecule has 24 heavy (non-hydrogen) atoms. The third-order valence-electron chi connectivity index (χ3n) is 4.73. The Hall–Kier alpha value is -3.12. The van der Waals surface area contributed by atoms with Gasteiger partial charge in [-0.05, 0) is 30.2 Å². The second-order valence-electron chi connectivity index (χ2n) is 6.17. The molecule has 0 radical (unpaired) electrons. The molecule has 1 N–H and O–H groups in total. The maximum absolute atomic E-state index is 10.3. The summed E-state index contributed by atoms with van der Waals surface area (Å²) in [6.45, 7) is 2.07. The van der Waals surface area contributed by atoms with Crippen LogP contribution in [0.1, 0.15) is 28.4 Å². The number of benzene rings is 2. The van der Waals surface area contributed by atoms with Crippen LogP contribution in [-0.2, 0) is 5.41 Å². The maximum atomic E-state index is 10.3. The van der Waals surface area contributed by atoms with Crippen molar-refractivity contribution in [3.63, 3.8) is 0 Å². The minimum Gasteiger partial charge on any atom is -0.374 e. The van der Waals surface area contributed by atoms with Gasteiger partial charge in [-0.1, -0.05) is 60.2 Å². The molecule has 3 nitrogen and oxygen atoms in total. The first kappa shape index (κ1) is 14.5. The van der Waals surface area contributed by atoms with Gasteiger partial charge >= 0.3 is 0 Å². The van der Waals surface area contributed by atoms with Crippen molar-refractivity contribution in [2.24, 2.45) is 0 Å². The molecule has 0 spiro atoms. The molecule has 0 saturated heterocycles. The molecule has 3 heteroatoms. The van der Waals surface area contributed by atoms with E-state index >= 15 is 0 Å². The van der Waals surface area contributed by atoms with Gasteiger partial charge in [0.2, 0.25) is 0 Å². The lowest BCUT2D eigenvalue weighted by molar-refractivity contribution is 0.574. The lowest BCUT2D eigenvalue weighted by Gasteiger charge is -2.29. The molecule has 0 bridgehead atoms. The number of anilines is 1. The van der Waals surface area contributed by atoms with Gasteiger partial charge in [-0.15, -0.1) is 0 Å². The number of fused-ring (bicyclic) bond motifs is 1. The van der Waals surface area contributed by atoms with Gasteiger partial charge in [-0.2, -0.15) is 5.26 Å². The van der Waals surface area contributed by atoms with Crippen LogP contribution in [0.25, 0.3) is 0 Å². The minimum atomic E-state index is -0.840. The Balaban J connectivity index is 1.97. The molecule has 116 valence electrons. The van der Waals surface area contributed by atoms with Crippen LogP contribution in [-0.4, -0.2) is 4.98 Å². The molecular formula is C21H17N3. The maximum Gasteiger partial charge on any atom is 0.150 e. The summed E-state index contributed by atoms with van der Waals surface area (Å²) in [6.07, 6.45) is 1.76. The molecule has 0 saturated carbocycles. The van der Waals surface area contributed by atoms with Gasteiger partial charge in [0.1, 0.15) is 0 Å². The summed E-state index contributed by atoms with van der Waals surface area (Å²) in [5, 5.41) is 13.8. The van der Waals surface area contributed by atoms with Crippen LogP contribution in [0.4, 0.5) is 5.69 Å². The molecule has 0 fully saturated rings. The summed E-state index contributed by atoms with van der Waals surface area (Å²) < 4.78 is 0. The number of nitrogens with one attached hydrogen (secondary N) is 1. The molecule has 0 unspecified atom stereocenters. The zero-order valence-corrected chi connectivity index (χ0v) is 13.4. The predicted molar refractivity (Wildman–Crippen MR) is 94.6 cm³/mol. The Morgan fingerprint density at radius 1 is 1.00 bits per heavy atom. The van der Waals surface area contributed by atoms with Crippen molar-refractivity contribution in [1.82, 2.24) is 4.98 Å². The van der Waals surface area contributed by atoms with E-state index in [2.05, 4.69) is 47.6 Å². The fourth-order valence-electron chi connectivity index (χ4n) is 3.52. The third-order valence-corrected chi connectivity index (χ3v) is 4.73. The topological polar surface area (TPSA) is 48.7 Å². The fraction of sp³-hybridized carbons (Fsp3) is 0.143. The second kappa shape index (κ2) is 5.50. The normalized spacial score (nSPS) is 21.6. The summed E-state index contributed by atoms with van der Waals surface area (Å²) in [6, 6.07) is 24.6. The molecule has 2 aromatic carbocycles. The van der Waals surface area contributed by atoms with Gasteiger partial charge in [0.25, 0.3) is 0 Å². The van der Waals surface area contributed by atoms with Gasteiger partial charge < -0.3 is 5.32 Å². The van der Waals surface area contributed by atoms with E-state index in [0.29, 0.717) is 0 Å². The highest BCUT2D eigenvalue weighted by atomic mass is 15.0. The van der Waals surface area contributed by atoms with E-state index in [1.54, 1.807) is 6.20 Å². The molecule has 3 aromatic rings. The predicted octanol–water partition coefficient (Wildman–Crippen LogP) is 4.37. The number of pyridine rings is 1. The number of nitriles is 1. The molecule has 2 atom stereocenters. The SMILES string of the molecule is Cc1ccc([C@@H]2Nc3cccnc3[C@@]2(C#N)c2ccccc2)cc1. The summed E-state index contributed by atoms with van der Waals surface area (Å²) in [5.74, 6) is 0. The molecule has 4 rings (SSSR count). The van der Waals surface area contributed by atoms with Gasteiger partial charge in [0.05, 0.1) is 23.5 Å². The molecule has 0 aliphatic carbocycles. The van der Waals surface area contributed by atoms with Crippen LogP contribution in [0.5, 0.6) is 0 Å². The average molecular weight is 311 g/mol. The molecular weight excluding hydrogens is 294 g/mol. The number of nitrogens with zero attached hydrogens (tertiary/aromatic N) is 2. The highest BCUT2D eigenvalue weighted by Gasteiger charge is 2.51. The number of hydrogen-bond donors (Lipinski definition) is 1. The van der Waals surface area contributed by atoms with Crippen molar-refractivity contribution in [1.29, 1.82) is 5.26 Å². The summed E-state index contributed by atoms with van der Waals surface area (Å²) in [7, 11) is 0. The van der Waals surface area contributed by atoms with Crippen molar-refractivity contribution >= 4 is 5.69 Å². The number of rotatable bonds is 2. The van der Waals surface area contributed by atoms with Crippen LogP contribution < -0.4 is 5.32 Å². The summed E-state index contributed by atoms with van der Waals surface area (Å²) in [5.41, 5.74) is 4.13. The Morgan fingerprint density at radius 2 is 1.75 bits per heavy atom. The Kier molecular flexibility index (Phi) is 3.32. The third kappa shape index (κ3) is 2.00. The van der Waals surface area contributed by atoms with Crippen LogP contribution in [0.3, 0.4) is 0 Å². The Morgan fingerprint density at radius 3 is 2.46 bits per heavy atom. The van der Waals surface area contributed by atoms with Gasteiger partial charge in [0, 0.05) is 6.20 Å². The summed E-state index contributed by atoms with van der Waals surface area (Å²) in [4.78, 5) is 4.57. The average Bonchev–Trinajstić information content (AvgIpc) is 2.98. The minimum absolute atomic E-state index is 0.171. The van der Waals surface area contributed by atoms with Crippen molar-refractivity contribution in [2.45, 2.75) is 18.4 Å². The van der Waals surface area contributed by atoms with E-state index in [0.717, 1.165) is 22.5 Å². The number of aromatic nitrogens is 1. The monoisotopic (exact) mass is 311 g/mol. The van der Waals surface area contributed by atoms with Crippen molar-refractivity contribution in [3.8, 4) is 6.07 Å². The van der Waals surface area contributed by atoms with E-state index in [1.807, 2.05) is 42.5 Å². The first-order valence-corrected chi connectivity index (χ1v) is 8.01. The molecule has 2 heterocycles. The van der Waals surface area contributed by atoms with E-state index in [-0.39, 0.29) is 6.04 Å². The molecule has 1 aliphatic heterocycles. The number of aryl methyl sites for hydroxylation is 1. The largest absolute Gasteiger partial charge is 0.374 e. The first-order valence-electron chi connectivity index (χ1n) is 8.01. The van der Waals surface area contributed by atoms with Crippen LogP contribution in [0, 0.1) is 18.3 Å². The molecule has 1 aromatic heterocycles. The van der Waals surface area contributed by atoms with Crippen LogP contribution in [0.2, 0.25) is 0 Å².